The van der Waals surface area contributed by atoms with Crippen LogP contribution in [0.3, 0.4) is 0 Å². The van der Waals surface area contributed by atoms with Gasteiger partial charge >= 0.3 is 20.8 Å². The summed E-state index contributed by atoms with van der Waals surface area (Å²) in [5, 5.41) is 0. The molecular weight excluding hydrogens is 268 g/mol. The highest BCUT2D eigenvalue weighted by Gasteiger charge is 2.24. The molecule has 86 valence electrons. The predicted molar refractivity (Wildman–Crippen MR) is 38.6 cm³/mol. The van der Waals surface area contributed by atoms with Crippen LogP contribution in [0, 0.1) is 0 Å². The molecule has 0 aromatic heterocycles. The van der Waals surface area contributed by atoms with E-state index < -0.39 is 30.9 Å². The largest absolute Gasteiger partial charge is 0.444 e. The average Bonchev–Trinajstić information content (AvgIpc) is 1.76. The zero-order chi connectivity index (χ0) is 11.6. The van der Waals surface area contributed by atoms with E-state index in [1.165, 1.54) is 0 Å². The van der Waals surface area contributed by atoms with Crippen LogP contribution in [0.25, 0.3) is 0 Å². The van der Waals surface area contributed by atoms with Gasteiger partial charge in [0, 0.05) is 0 Å². The topological polar surface area (TPSA) is 150 Å². The third kappa shape index (κ3) is 8.30. The van der Waals surface area contributed by atoms with Gasteiger partial charge in [-0.2, -0.15) is 25.3 Å². The third-order valence-corrected chi connectivity index (χ3v) is 2.39. The molecule has 0 heterocycles. The molecule has 0 unspecified atom stereocenters. The monoisotopic (exact) mass is 272 g/mol. The minimum Gasteiger partial charge on any atom is -0.263 e. The van der Waals surface area contributed by atoms with Crippen molar-refractivity contribution >= 4 is 30.9 Å². The minimum atomic E-state index is -5.34. The molecule has 0 aliphatic carbocycles. The van der Waals surface area contributed by atoms with Crippen LogP contribution in [0.5, 0.6) is 0 Å². The Labute approximate surface area is 79.7 Å². The molecule has 0 aliphatic heterocycles. The molecule has 0 saturated carbocycles. The van der Waals surface area contributed by atoms with Crippen molar-refractivity contribution in [3.8, 4) is 0 Å². The Bertz CT molecular complexity index is 473. The number of hydrogen-bond donors (Lipinski definition) is 1. The molecule has 10 nitrogen and oxygen atoms in total. The van der Waals surface area contributed by atoms with E-state index in [4.69, 9.17) is 4.55 Å². The van der Waals surface area contributed by atoms with Crippen LogP contribution in [0.1, 0.15) is 0 Å². The fourth-order valence-electron chi connectivity index (χ4n) is 0.201. The van der Waals surface area contributed by atoms with Crippen molar-refractivity contribution in [2.24, 2.45) is 0 Å². The minimum absolute atomic E-state index is 0.427. The van der Waals surface area contributed by atoms with Gasteiger partial charge < -0.3 is 0 Å². The lowest BCUT2D eigenvalue weighted by atomic mass is 12.0. The Balaban J connectivity index is 4.55. The van der Waals surface area contributed by atoms with Gasteiger partial charge in [-0.1, -0.05) is 12.3 Å². The highest BCUT2D eigenvalue weighted by Crippen LogP contribution is 2.03. The van der Waals surface area contributed by atoms with E-state index in [1.807, 2.05) is 0 Å². The maximum absolute atomic E-state index is 10.3. The predicted octanol–water partition coefficient (Wildman–Crippen LogP) is -2.04. The van der Waals surface area contributed by atoms with Gasteiger partial charge in [0.15, 0.2) is 0 Å². The molecule has 0 amide bonds. The van der Waals surface area contributed by atoms with Crippen LogP contribution in [-0.4, -0.2) is 36.1 Å². The Kier molecular flexibility index (Phi) is 3.96. The lowest BCUT2D eigenvalue weighted by molar-refractivity contribution is -0.0930. The van der Waals surface area contributed by atoms with Gasteiger partial charge in [0.1, 0.15) is 0 Å². The summed E-state index contributed by atoms with van der Waals surface area (Å²) < 4.78 is 77.7. The molecule has 0 rings (SSSR count). The second-order valence-corrected chi connectivity index (χ2v) is 5.64. The summed E-state index contributed by atoms with van der Waals surface area (Å²) in [5.41, 5.74) is 0. The van der Waals surface area contributed by atoms with Crippen LogP contribution >= 0.6 is 0 Å². The van der Waals surface area contributed by atoms with Crippen molar-refractivity contribution < 1.29 is 42.1 Å². The first-order chi connectivity index (χ1) is 5.91. The highest BCUT2D eigenvalue weighted by atomic mass is 32.3. The second kappa shape index (κ2) is 4.05. The molecule has 0 radical (unpaired) electrons. The first kappa shape index (κ1) is 13.7. The molecule has 0 spiro atoms. The van der Waals surface area contributed by atoms with Gasteiger partial charge in [0.2, 0.25) is 0 Å². The summed E-state index contributed by atoms with van der Waals surface area (Å²) in [6.07, 6.45) is 0.427. The van der Waals surface area contributed by atoms with Gasteiger partial charge in [-0.3, -0.25) is 4.55 Å². The van der Waals surface area contributed by atoms with Crippen LogP contribution in [0.2, 0.25) is 0 Å². The summed E-state index contributed by atoms with van der Waals surface area (Å²) in [6, 6.07) is 0. The van der Waals surface area contributed by atoms with E-state index in [-0.39, 0.29) is 0 Å². The number of hydrogen-bond acceptors (Lipinski definition) is 9. The van der Waals surface area contributed by atoms with Gasteiger partial charge in [-0.25, -0.2) is 0 Å². The van der Waals surface area contributed by atoms with Gasteiger partial charge in [0.25, 0.3) is 10.1 Å². The maximum Gasteiger partial charge on any atom is 0.444 e. The molecular formula is CH4O10S3. The first-order valence-electron chi connectivity index (χ1n) is 2.42. The van der Waals surface area contributed by atoms with Crippen molar-refractivity contribution in [1.29, 1.82) is 0 Å². The van der Waals surface area contributed by atoms with Crippen LogP contribution in [-0.2, 0) is 43.2 Å². The SMILES string of the molecule is CS(=O)(=O)OOS(=O)(=O)OS(=O)(=O)O. The maximum atomic E-state index is 10.3. The molecule has 0 saturated heterocycles. The smallest absolute Gasteiger partial charge is 0.263 e. The molecule has 0 fully saturated rings. The summed E-state index contributed by atoms with van der Waals surface area (Å²) in [5.74, 6) is 0. The first-order valence-corrected chi connectivity index (χ1v) is 6.94. The highest BCUT2D eigenvalue weighted by molar-refractivity contribution is 7.95. The molecule has 1 N–H and O–H groups in total. The summed E-state index contributed by atoms with van der Waals surface area (Å²) in [7, 11) is -14.9. The molecule has 0 atom stereocenters. The lowest BCUT2D eigenvalue weighted by Crippen LogP contribution is -2.17. The molecule has 0 bridgehead atoms. The molecule has 0 aromatic rings. The van der Waals surface area contributed by atoms with Crippen molar-refractivity contribution in [3.05, 3.63) is 0 Å². The van der Waals surface area contributed by atoms with Crippen molar-refractivity contribution in [3.63, 3.8) is 0 Å². The second-order valence-electron chi connectivity index (χ2n) is 1.74. The third-order valence-electron chi connectivity index (χ3n) is 0.404. The normalized spacial score (nSPS) is 14.1. The lowest BCUT2D eigenvalue weighted by Gasteiger charge is -1.99. The zero-order valence-electron chi connectivity index (χ0n) is 6.35. The van der Waals surface area contributed by atoms with Gasteiger partial charge in [-0.15, -0.1) is 0 Å². The van der Waals surface area contributed by atoms with Gasteiger partial charge in [-0.05, 0) is 0 Å². The molecule has 14 heavy (non-hydrogen) atoms. The van der Waals surface area contributed by atoms with E-state index >= 15 is 0 Å². The zero-order valence-corrected chi connectivity index (χ0v) is 8.80. The van der Waals surface area contributed by atoms with E-state index in [1.54, 1.807) is 0 Å². The Hall–Kier alpha value is -0.310. The standard InChI is InChI=1S/CH4O10S3/c1-12(2,3)9-10-14(7,8)11-13(4,5)6/h1H3,(H,4,5,6). The van der Waals surface area contributed by atoms with E-state index in [2.05, 4.69) is 12.3 Å². The van der Waals surface area contributed by atoms with E-state index in [9.17, 15) is 25.3 Å². The Morgan fingerprint density at radius 2 is 1.36 bits per heavy atom. The van der Waals surface area contributed by atoms with Crippen LogP contribution in [0.4, 0.5) is 0 Å². The van der Waals surface area contributed by atoms with E-state index in [0.29, 0.717) is 6.26 Å². The average molecular weight is 272 g/mol. The fourth-order valence-corrected chi connectivity index (χ4v) is 1.81. The van der Waals surface area contributed by atoms with Crippen molar-refractivity contribution in [2.75, 3.05) is 6.26 Å². The Morgan fingerprint density at radius 1 is 0.929 bits per heavy atom. The van der Waals surface area contributed by atoms with Crippen molar-refractivity contribution in [1.82, 2.24) is 0 Å². The summed E-state index contributed by atoms with van der Waals surface area (Å²) >= 11 is 0. The van der Waals surface area contributed by atoms with Crippen LogP contribution in [0.15, 0.2) is 0 Å². The Morgan fingerprint density at radius 3 is 1.64 bits per heavy atom. The number of rotatable bonds is 5. The van der Waals surface area contributed by atoms with Gasteiger partial charge in [0.05, 0.1) is 6.26 Å². The quantitative estimate of drug-likeness (QED) is 0.336. The van der Waals surface area contributed by atoms with Crippen LogP contribution < -0.4 is 0 Å². The summed E-state index contributed by atoms with van der Waals surface area (Å²) in [6.45, 7) is 0. The van der Waals surface area contributed by atoms with E-state index in [0.717, 1.165) is 0 Å². The van der Waals surface area contributed by atoms with Crippen molar-refractivity contribution in [2.45, 2.75) is 0 Å². The summed E-state index contributed by atoms with van der Waals surface area (Å²) in [4.78, 5) is 0. The molecule has 13 heteroatoms. The fraction of sp³-hybridized carbons (Fsp3) is 1.00. The molecule has 0 aliphatic rings. The molecule has 0 aromatic carbocycles.